The average Bonchev–Trinajstić information content (AvgIpc) is 3.09. The van der Waals surface area contributed by atoms with Crippen molar-refractivity contribution in [1.82, 2.24) is 4.90 Å². The molecule has 0 saturated carbocycles. The quantitative estimate of drug-likeness (QED) is 0.372. The lowest BCUT2D eigenvalue weighted by molar-refractivity contribution is -0.953. The molecular formula is C34H49ClN2O4S. The third kappa shape index (κ3) is 7.78. The van der Waals surface area contributed by atoms with Crippen molar-refractivity contribution >= 4 is 9.84 Å². The third-order valence-electron chi connectivity index (χ3n) is 9.89. The lowest BCUT2D eigenvalue weighted by Crippen LogP contribution is -3.00. The monoisotopic (exact) mass is 616 g/mol. The predicted octanol–water partition coefficient (Wildman–Crippen LogP) is 2.67. The number of nitrogens with zero attached hydrogens (tertiary/aromatic N) is 2. The molecule has 0 radical (unpaired) electrons. The number of benzene rings is 2. The average molecular weight is 617 g/mol. The third-order valence-corrected chi connectivity index (χ3v) is 11.4. The fraction of sp³-hybridized carbons (Fsp3) is 0.588. The van der Waals surface area contributed by atoms with E-state index in [1.807, 2.05) is 24.3 Å². The largest absolute Gasteiger partial charge is 1.00 e. The minimum atomic E-state index is -3.39. The van der Waals surface area contributed by atoms with Gasteiger partial charge in [-0.05, 0) is 36.1 Å². The number of aliphatic hydroxyl groups is 1. The highest BCUT2D eigenvalue weighted by molar-refractivity contribution is 7.94. The highest BCUT2D eigenvalue weighted by atomic mass is 35.5. The van der Waals surface area contributed by atoms with Gasteiger partial charge in [0.2, 0.25) is 0 Å². The first-order chi connectivity index (χ1) is 19.8. The van der Waals surface area contributed by atoms with Crippen molar-refractivity contribution in [1.29, 1.82) is 0 Å². The van der Waals surface area contributed by atoms with E-state index in [0.717, 1.165) is 61.9 Å². The Morgan fingerprint density at radius 3 is 2.05 bits per heavy atom. The summed E-state index contributed by atoms with van der Waals surface area (Å²) in [6, 6.07) is 16.7. The van der Waals surface area contributed by atoms with Gasteiger partial charge in [0.15, 0.2) is 9.84 Å². The molecule has 42 heavy (non-hydrogen) atoms. The Bertz CT molecular complexity index is 1250. The maximum Gasteiger partial charge on any atom is 0.171 e. The summed E-state index contributed by atoms with van der Waals surface area (Å²) < 4.78 is 33.2. The van der Waals surface area contributed by atoms with Gasteiger partial charge in [0.05, 0.1) is 31.5 Å². The normalized spacial score (nSPS) is 27.6. The van der Waals surface area contributed by atoms with Crippen LogP contribution in [0.4, 0.5) is 0 Å². The second-order valence-corrected chi connectivity index (χ2v) is 14.7. The second-order valence-electron chi connectivity index (χ2n) is 12.9. The zero-order valence-corrected chi connectivity index (χ0v) is 27.0. The van der Waals surface area contributed by atoms with Crippen LogP contribution in [0.5, 0.6) is 5.75 Å². The number of aliphatic hydroxyl groups excluding tert-OH is 1. The minimum Gasteiger partial charge on any atom is -1.00 e. The molecule has 3 saturated heterocycles. The molecule has 0 aliphatic carbocycles. The van der Waals surface area contributed by atoms with E-state index in [0.29, 0.717) is 6.61 Å². The molecule has 0 spiro atoms. The van der Waals surface area contributed by atoms with Gasteiger partial charge >= 0.3 is 0 Å². The molecule has 2 aromatic rings. The lowest BCUT2D eigenvalue weighted by atomic mass is 9.69. The van der Waals surface area contributed by atoms with E-state index < -0.39 is 21.4 Å². The van der Waals surface area contributed by atoms with Crippen LogP contribution < -0.4 is 17.1 Å². The second kappa shape index (κ2) is 14.3. The molecule has 0 amide bonds. The molecule has 2 atom stereocenters. The maximum absolute atomic E-state index is 12.9. The van der Waals surface area contributed by atoms with Crippen molar-refractivity contribution < 1.29 is 35.2 Å². The van der Waals surface area contributed by atoms with Crippen molar-refractivity contribution in [3.05, 3.63) is 76.7 Å². The standard InChI is InChI=1S/C34H49N2O4S.ClH/c1-3-5-16-34(17-6-4-2)27-41(38,39)24-15-32(33(34)37)30-11-13-31(14-12-30)40-26-29-9-7-28(8-10-29)25-36-21-18-35(19-22-36)20-23-36;/h7-15,24,32-33,37H,3-6,16-23,25-27H2,1-2H3;1H/q+1;/p-1/t32-,33+;/m0./s1. The molecule has 3 fully saturated rings. The zero-order valence-electron chi connectivity index (χ0n) is 25.4. The van der Waals surface area contributed by atoms with Crippen LogP contribution in [-0.2, 0) is 23.0 Å². The number of fused-ring (bicyclic) bond motifs is 3. The van der Waals surface area contributed by atoms with E-state index in [-0.39, 0.29) is 24.1 Å². The van der Waals surface area contributed by atoms with Gasteiger partial charge in [-0.1, -0.05) is 82.0 Å². The SMILES string of the molecule is CCCCC1(CCCC)CS(=O)(=O)C=C[C@@H](c2ccc(OCc3ccc(C[N+]45CCN(CC4)CC5)cc3)cc2)[C@H]1O.[Cl-]. The lowest BCUT2D eigenvalue weighted by Gasteiger charge is -2.50. The first-order valence-corrected chi connectivity index (χ1v) is 17.4. The molecule has 4 heterocycles. The number of quaternary nitrogens is 1. The number of halogens is 1. The zero-order chi connectivity index (χ0) is 28.9. The summed E-state index contributed by atoms with van der Waals surface area (Å²) in [4.78, 5) is 2.58. The van der Waals surface area contributed by atoms with Crippen LogP contribution in [0.25, 0.3) is 0 Å². The van der Waals surface area contributed by atoms with Gasteiger partial charge in [0, 0.05) is 41.9 Å². The Hall–Kier alpha value is -1.90. The minimum absolute atomic E-state index is 0. The van der Waals surface area contributed by atoms with Gasteiger partial charge in [-0.3, -0.25) is 4.90 Å². The van der Waals surface area contributed by atoms with Gasteiger partial charge in [0.1, 0.15) is 18.9 Å². The van der Waals surface area contributed by atoms with E-state index in [9.17, 15) is 13.5 Å². The van der Waals surface area contributed by atoms with Crippen LogP contribution in [0.1, 0.15) is 75.0 Å². The van der Waals surface area contributed by atoms with Crippen molar-refractivity contribution in [2.45, 2.75) is 77.5 Å². The van der Waals surface area contributed by atoms with E-state index in [1.165, 1.54) is 54.7 Å². The molecular weight excluding hydrogens is 568 g/mol. The first-order valence-electron chi connectivity index (χ1n) is 15.7. The maximum atomic E-state index is 12.9. The number of rotatable bonds is 12. The summed E-state index contributed by atoms with van der Waals surface area (Å²) in [5, 5.41) is 13.1. The van der Waals surface area contributed by atoms with Crippen molar-refractivity contribution in [2.24, 2.45) is 5.41 Å². The van der Waals surface area contributed by atoms with Crippen LogP contribution in [0.15, 0.2) is 60.0 Å². The van der Waals surface area contributed by atoms with Gasteiger partial charge in [-0.2, -0.15) is 0 Å². The van der Waals surface area contributed by atoms with Gasteiger partial charge in [-0.15, -0.1) is 0 Å². The molecule has 2 aromatic carbocycles. The number of ether oxygens (including phenoxy) is 1. The molecule has 0 unspecified atom stereocenters. The Labute approximate surface area is 259 Å². The molecule has 6 nitrogen and oxygen atoms in total. The Kier molecular flexibility index (Phi) is 11.2. The van der Waals surface area contributed by atoms with Crippen LogP contribution >= 0.6 is 0 Å². The Balaban J connectivity index is 0.00000405. The summed E-state index contributed by atoms with van der Waals surface area (Å²) in [5.41, 5.74) is 2.84. The topological polar surface area (TPSA) is 66.8 Å². The van der Waals surface area contributed by atoms with Crippen LogP contribution in [-0.4, -0.2) is 74.0 Å². The molecule has 6 rings (SSSR count). The molecule has 1 N–H and O–H groups in total. The number of piperazine rings is 3. The summed E-state index contributed by atoms with van der Waals surface area (Å²) in [5.74, 6) is 0.425. The van der Waals surface area contributed by atoms with Crippen LogP contribution in [0, 0.1) is 5.41 Å². The smallest absolute Gasteiger partial charge is 0.171 e. The fourth-order valence-electron chi connectivity index (χ4n) is 7.19. The highest BCUT2D eigenvalue weighted by Crippen LogP contribution is 2.45. The number of sulfone groups is 1. The fourth-order valence-corrected chi connectivity index (χ4v) is 8.96. The van der Waals surface area contributed by atoms with Gasteiger partial charge in [-0.25, -0.2) is 8.42 Å². The summed E-state index contributed by atoms with van der Waals surface area (Å²) in [7, 11) is -3.39. The molecule has 0 aromatic heterocycles. The number of hydrogen-bond acceptors (Lipinski definition) is 5. The predicted molar refractivity (Wildman–Crippen MR) is 165 cm³/mol. The van der Waals surface area contributed by atoms with Gasteiger partial charge in [0.25, 0.3) is 0 Å². The molecule has 4 aliphatic heterocycles. The number of hydrogen-bond donors (Lipinski definition) is 1. The molecule has 232 valence electrons. The summed E-state index contributed by atoms with van der Waals surface area (Å²) in [6.07, 6.45) is 6.18. The number of unbranched alkanes of at least 4 members (excludes halogenated alkanes) is 2. The van der Waals surface area contributed by atoms with Crippen LogP contribution in [0.3, 0.4) is 0 Å². The van der Waals surface area contributed by atoms with E-state index in [4.69, 9.17) is 4.74 Å². The molecule has 8 heteroatoms. The summed E-state index contributed by atoms with van der Waals surface area (Å²) >= 11 is 0. The van der Waals surface area contributed by atoms with Crippen molar-refractivity contribution in [3.8, 4) is 5.75 Å². The van der Waals surface area contributed by atoms with E-state index >= 15 is 0 Å². The van der Waals surface area contributed by atoms with Gasteiger partial charge < -0.3 is 26.7 Å². The van der Waals surface area contributed by atoms with E-state index in [2.05, 4.69) is 43.0 Å². The van der Waals surface area contributed by atoms with Crippen LogP contribution in [0.2, 0.25) is 0 Å². The summed E-state index contributed by atoms with van der Waals surface area (Å²) in [6.45, 7) is 13.4. The Morgan fingerprint density at radius 1 is 0.905 bits per heavy atom. The highest BCUT2D eigenvalue weighted by Gasteiger charge is 2.45. The molecule has 4 aliphatic rings. The van der Waals surface area contributed by atoms with Crippen molar-refractivity contribution in [3.63, 3.8) is 0 Å². The van der Waals surface area contributed by atoms with Crippen molar-refractivity contribution in [2.75, 3.05) is 45.0 Å². The Morgan fingerprint density at radius 2 is 1.48 bits per heavy atom. The molecule has 2 bridgehead atoms. The van der Waals surface area contributed by atoms with E-state index in [1.54, 1.807) is 6.08 Å². The first kappa shape index (κ1) is 33.0.